The van der Waals surface area contributed by atoms with Crippen molar-refractivity contribution < 1.29 is 27.4 Å². The minimum absolute atomic E-state index is 0.00885. The van der Waals surface area contributed by atoms with Crippen molar-refractivity contribution >= 4 is 17.3 Å². The fraction of sp³-hybridized carbons (Fsp3) is 0.150. The SMILES string of the molecule is [C-]#[N+]c1cc(COc2cc(OC)nc(=O)[nH]2)ccc1Oc1ccc(Cl)c(C(F)(F)F)c1. The maximum atomic E-state index is 13.0. The van der Waals surface area contributed by atoms with Crippen LogP contribution in [0.3, 0.4) is 0 Å². The van der Waals surface area contributed by atoms with Crippen molar-refractivity contribution in [3.8, 4) is 23.3 Å². The lowest BCUT2D eigenvalue weighted by molar-refractivity contribution is -0.137. The van der Waals surface area contributed by atoms with E-state index in [1.54, 1.807) is 6.07 Å². The summed E-state index contributed by atoms with van der Waals surface area (Å²) in [4.78, 5) is 20.7. The minimum atomic E-state index is -4.64. The molecular weight excluding hydrogens is 439 g/mol. The summed E-state index contributed by atoms with van der Waals surface area (Å²) in [6, 6.07) is 8.96. The Kier molecular flexibility index (Phi) is 6.36. The molecule has 3 aromatic rings. The van der Waals surface area contributed by atoms with Crippen LogP contribution in [-0.4, -0.2) is 17.1 Å². The van der Waals surface area contributed by atoms with Crippen LogP contribution >= 0.6 is 11.6 Å². The molecule has 0 saturated heterocycles. The standard InChI is InChI=1S/C20H13ClF3N3O4/c1-25-15-7-11(10-30-18-9-17(29-2)26-19(28)27-18)3-6-16(15)31-12-4-5-14(21)13(8-12)20(22,23)24/h3-9H,10H2,2H3,(H,26,27,28). The van der Waals surface area contributed by atoms with Crippen LogP contribution in [0.4, 0.5) is 18.9 Å². The largest absolute Gasteiger partial charge is 0.481 e. The molecular formula is C20H13ClF3N3O4. The molecule has 160 valence electrons. The number of alkyl halides is 3. The third kappa shape index (κ3) is 5.46. The lowest BCUT2D eigenvalue weighted by atomic mass is 10.2. The number of hydrogen-bond acceptors (Lipinski definition) is 5. The number of H-pyrrole nitrogens is 1. The van der Waals surface area contributed by atoms with Crippen LogP contribution in [-0.2, 0) is 12.8 Å². The first-order valence-corrected chi connectivity index (χ1v) is 8.90. The Labute approximate surface area is 178 Å². The average molecular weight is 452 g/mol. The second kappa shape index (κ2) is 8.97. The van der Waals surface area contributed by atoms with E-state index in [2.05, 4.69) is 14.8 Å². The summed E-state index contributed by atoms with van der Waals surface area (Å²) in [6.45, 7) is 7.32. The van der Waals surface area contributed by atoms with E-state index in [4.69, 9.17) is 32.4 Å². The molecule has 0 bridgehead atoms. The zero-order chi connectivity index (χ0) is 22.6. The summed E-state index contributed by atoms with van der Waals surface area (Å²) in [5.41, 5.74) is -1.07. The van der Waals surface area contributed by atoms with Crippen LogP contribution in [0.2, 0.25) is 5.02 Å². The van der Waals surface area contributed by atoms with E-state index in [-0.39, 0.29) is 35.6 Å². The second-order valence-corrected chi connectivity index (χ2v) is 6.44. The summed E-state index contributed by atoms with van der Waals surface area (Å²) >= 11 is 5.61. The summed E-state index contributed by atoms with van der Waals surface area (Å²) in [5, 5.41) is -0.455. The predicted octanol–water partition coefficient (Wildman–Crippen LogP) is 5.37. The van der Waals surface area contributed by atoms with Crippen LogP contribution in [0.5, 0.6) is 23.3 Å². The molecule has 11 heteroatoms. The number of rotatable bonds is 6. The number of aromatic nitrogens is 2. The topological polar surface area (TPSA) is 77.8 Å². The molecule has 0 aliphatic heterocycles. The first kappa shape index (κ1) is 22.0. The van der Waals surface area contributed by atoms with Gasteiger partial charge in [0.2, 0.25) is 17.4 Å². The van der Waals surface area contributed by atoms with Crippen LogP contribution in [0.1, 0.15) is 11.1 Å². The highest BCUT2D eigenvalue weighted by molar-refractivity contribution is 6.31. The molecule has 0 aliphatic rings. The van der Waals surface area contributed by atoms with Gasteiger partial charge < -0.3 is 14.2 Å². The molecule has 0 fully saturated rings. The number of nitrogens with zero attached hydrogens (tertiary/aromatic N) is 2. The van der Waals surface area contributed by atoms with Crippen LogP contribution in [0, 0.1) is 6.57 Å². The Morgan fingerprint density at radius 2 is 1.97 bits per heavy atom. The lowest BCUT2D eigenvalue weighted by Crippen LogP contribution is -2.12. The molecule has 7 nitrogen and oxygen atoms in total. The Bertz CT molecular complexity index is 1210. The zero-order valence-electron chi connectivity index (χ0n) is 15.8. The van der Waals surface area contributed by atoms with Gasteiger partial charge in [0.25, 0.3) is 0 Å². The highest BCUT2D eigenvalue weighted by atomic mass is 35.5. The quantitative estimate of drug-likeness (QED) is 0.510. The van der Waals surface area contributed by atoms with Gasteiger partial charge in [0.15, 0.2) is 0 Å². The van der Waals surface area contributed by atoms with Gasteiger partial charge in [-0.3, -0.25) is 4.98 Å². The fourth-order valence-electron chi connectivity index (χ4n) is 2.50. The Morgan fingerprint density at radius 1 is 1.19 bits per heavy atom. The Hall–Kier alpha value is -3.71. The van der Waals surface area contributed by atoms with E-state index in [1.165, 1.54) is 31.4 Å². The van der Waals surface area contributed by atoms with E-state index in [9.17, 15) is 18.0 Å². The van der Waals surface area contributed by atoms with Gasteiger partial charge in [0.1, 0.15) is 18.1 Å². The predicted molar refractivity (Wildman–Crippen MR) is 105 cm³/mol. The molecule has 0 amide bonds. The molecule has 0 unspecified atom stereocenters. The second-order valence-electron chi connectivity index (χ2n) is 6.04. The monoisotopic (exact) mass is 451 g/mol. The highest BCUT2D eigenvalue weighted by Crippen LogP contribution is 2.39. The van der Waals surface area contributed by atoms with Gasteiger partial charge >= 0.3 is 11.9 Å². The Morgan fingerprint density at radius 3 is 2.65 bits per heavy atom. The van der Waals surface area contributed by atoms with Gasteiger partial charge in [0.05, 0.1) is 30.3 Å². The van der Waals surface area contributed by atoms with Crippen LogP contribution < -0.4 is 19.9 Å². The van der Waals surface area contributed by atoms with Crippen molar-refractivity contribution in [2.45, 2.75) is 12.8 Å². The number of hydrogen-bond donors (Lipinski definition) is 1. The normalized spacial score (nSPS) is 11.0. The number of ether oxygens (including phenoxy) is 3. The van der Waals surface area contributed by atoms with Crippen molar-refractivity contribution in [3.05, 3.63) is 80.5 Å². The van der Waals surface area contributed by atoms with Gasteiger partial charge in [-0.05, 0) is 35.9 Å². The van der Waals surface area contributed by atoms with Gasteiger partial charge in [-0.2, -0.15) is 18.2 Å². The van der Waals surface area contributed by atoms with Gasteiger partial charge in [-0.25, -0.2) is 9.64 Å². The van der Waals surface area contributed by atoms with Crippen molar-refractivity contribution in [3.63, 3.8) is 0 Å². The summed E-state index contributed by atoms with van der Waals surface area (Å²) in [7, 11) is 1.35. The maximum absolute atomic E-state index is 13.0. The zero-order valence-corrected chi connectivity index (χ0v) is 16.5. The van der Waals surface area contributed by atoms with E-state index in [1.807, 2.05) is 0 Å². The molecule has 1 heterocycles. The van der Waals surface area contributed by atoms with Crippen molar-refractivity contribution in [2.75, 3.05) is 7.11 Å². The first-order chi connectivity index (χ1) is 14.7. The smallest absolute Gasteiger partial charge is 0.417 e. The third-order valence-corrected chi connectivity index (χ3v) is 4.24. The highest BCUT2D eigenvalue weighted by Gasteiger charge is 2.33. The average Bonchev–Trinajstić information content (AvgIpc) is 2.73. The summed E-state index contributed by atoms with van der Waals surface area (Å²) in [5.74, 6) is 0.133. The number of halogens is 4. The molecule has 3 rings (SSSR count). The lowest BCUT2D eigenvalue weighted by Gasteiger charge is -2.13. The molecule has 0 aliphatic carbocycles. The maximum Gasteiger partial charge on any atom is 0.417 e. The summed E-state index contributed by atoms with van der Waals surface area (Å²) < 4.78 is 54.9. The van der Waals surface area contributed by atoms with Gasteiger partial charge in [0, 0.05) is 0 Å². The molecule has 0 radical (unpaired) electrons. The number of nitrogens with one attached hydrogen (secondary N) is 1. The molecule has 0 atom stereocenters. The van der Waals surface area contributed by atoms with E-state index in [0.29, 0.717) is 5.56 Å². The molecule has 0 spiro atoms. The number of benzene rings is 2. The molecule has 31 heavy (non-hydrogen) atoms. The van der Waals surface area contributed by atoms with Crippen molar-refractivity contribution in [1.82, 2.24) is 9.97 Å². The molecule has 2 aromatic carbocycles. The minimum Gasteiger partial charge on any atom is -0.481 e. The van der Waals surface area contributed by atoms with E-state index < -0.39 is 22.5 Å². The molecule has 1 N–H and O–H groups in total. The number of aromatic amines is 1. The van der Waals surface area contributed by atoms with Crippen LogP contribution in [0.15, 0.2) is 47.3 Å². The van der Waals surface area contributed by atoms with Gasteiger partial charge in [-0.15, -0.1) is 0 Å². The van der Waals surface area contributed by atoms with E-state index >= 15 is 0 Å². The van der Waals surface area contributed by atoms with Crippen LogP contribution in [0.25, 0.3) is 4.85 Å². The third-order valence-electron chi connectivity index (χ3n) is 3.91. The Balaban J connectivity index is 1.79. The van der Waals surface area contributed by atoms with Gasteiger partial charge in [-0.1, -0.05) is 17.7 Å². The van der Waals surface area contributed by atoms with Crippen molar-refractivity contribution in [1.29, 1.82) is 0 Å². The summed E-state index contributed by atoms with van der Waals surface area (Å²) in [6.07, 6.45) is -4.64. The first-order valence-electron chi connectivity index (χ1n) is 8.52. The molecule has 0 saturated carbocycles. The molecule has 1 aromatic heterocycles. The van der Waals surface area contributed by atoms with Crippen molar-refractivity contribution in [2.24, 2.45) is 0 Å². The number of methoxy groups -OCH3 is 1. The fourth-order valence-corrected chi connectivity index (χ4v) is 2.72. The van der Waals surface area contributed by atoms with E-state index in [0.717, 1.165) is 12.1 Å².